The van der Waals surface area contributed by atoms with Crippen molar-refractivity contribution in [2.75, 3.05) is 12.4 Å². The predicted octanol–water partition coefficient (Wildman–Crippen LogP) is 3.38. The van der Waals surface area contributed by atoms with Crippen LogP contribution in [0.5, 0.6) is 5.75 Å². The number of benzene rings is 1. The summed E-state index contributed by atoms with van der Waals surface area (Å²) >= 11 is 1.67. The van der Waals surface area contributed by atoms with Crippen LogP contribution in [0.25, 0.3) is 0 Å². The molecule has 90 valence electrons. The summed E-state index contributed by atoms with van der Waals surface area (Å²) in [6.45, 7) is 4.81. The van der Waals surface area contributed by atoms with Crippen molar-refractivity contribution in [2.24, 2.45) is 0 Å². The molecule has 2 rings (SSSR count). The Labute approximate surface area is 105 Å². The van der Waals surface area contributed by atoms with Gasteiger partial charge in [-0.2, -0.15) is 0 Å². The van der Waals surface area contributed by atoms with Crippen LogP contribution in [0.4, 0.5) is 5.69 Å². The van der Waals surface area contributed by atoms with Crippen LogP contribution >= 0.6 is 11.3 Å². The molecule has 1 heterocycles. The Bertz CT molecular complexity index is 508. The standard InChI is InChI=1S/C13H16N2OS/c1-9-4-5-13(16-3)12(6-9)14-7-11-8-17-10(2)15-11/h4-6,8,14H,7H2,1-3H3. The van der Waals surface area contributed by atoms with Gasteiger partial charge >= 0.3 is 0 Å². The molecule has 3 nitrogen and oxygen atoms in total. The topological polar surface area (TPSA) is 34.1 Å². The second-order valence-corrected chi connectivity index (χ2v) is 4.98. The number of hydrogen-bond donors (Lipinski definition) is 1. The molecule has 0 radical (unpaired) electrons. The summed E-state index contributed by atoms with van der Waals surface area (Å²) in [5.74, 6) is 0.863. The van der Waals surface area contributed by atoms with Crippen molar-refractivity contribution in [3.63, 3.8) is 0 Å². The Morgan fingerprint density at radius 2 is 2.18 bits per heavy atom. The van der Waals surface area contributed by atoms with Crippen molar-refractivity contribution < 1.29 is 4.74 Å². The van der Waals surface area contributed by atoms with E-state index in [9.17, 15) is 0 Å². The highest BCUT2D eigenvalue weighted by atomic mass is 32.1. The zero-order valence-electron chi connectivity index (χ0n) is 10.3. The van der Waals surface area contributed by atoms with Crippen LogP contribution < -0.4 is 10.1 Å². The molecular formula is C13H16N2OS. The third-order valence-corrected chi connectivity index (χ3v) is 3.30. The van der Waals surface area contributed by atoms with Crippen molar-refractivity contribution in [3.8, 4) is 5.75 Å². The van der Waals surface area contributed by atoms with E-state index in [1.54, 1.807) is 18.4 Å². The average Bonchev–Trinajstić information content (AvgIpc) is 2.73. The maximum atomic E-state index is 5.31. The van der Waals surface area contributed by atoms with Crippen LogP contribution in [0.3, 0.4) is 0 Å². The third kappa shape index (κ3) is 2.97. The van der Waals surface area contributed by atoms with Gasteiger partial charge in [0, 0.05) is 5.38 Å². The molecule has 1 aromatic carbocycles. The second kappa shape index (κ2) is 5.19. The van der Waals surface area contributed by atoms with Crippen molar-refractivity contribution >= 4 is 17.0 Å². The van der Waals surface area contributed by atoms with Gasteiger partial charge in [0.05, 0.1) is 30.0 Å². The molecule has 0 unspecified atom stereocenters. The number of aromatic nitrogens is 1. The Kier molecular flexibility index (Phi) is 3.64. The number of nitrogens with one attached hydrogen (secondary N) is 1. The molecule has 0 spiro atoms. The first-order valence-corrected chi connectivity index (χ1v) is 6.36. The van der Waals surface area contributed by atoms with Crippen molar-refractivity contribution in [2.45, 2.75) is 20.4 Å². The zero-order valence-corrected chi connectivity index (χ0v) is 11.1. The number of thiazole rings is 1. The second-order valence-electron chi connectivity index (χ2n) is 3.92. The molecule has 0 bridgehead atoms. The fourth-order valence-electron chi connectivity index (χ4n) is 1.64. The van der Waals surface area contributed by atoms with Gasteiger partial charge in [-0.05, 0) is 31.5 Å². The van der Waals surface area contributed by atoms with Gasteiger partial charge in [-0.3, -0.25) is 0 Å². The quantitative estimate of drug-likeness (QED) is 0.900. The van der Waals surface area contributed by atoms with E-state index in [2.05, 4.69) is 28.7 Å². The summed E-state index contributed by atoms with van der Waals surface area (Å²) in [6.07, 6.45) is 0. The number of methoxy groups -OCH3 is 1. The van der Waals surface area contributed by atoms with E-state index in [1.807, 2.05) is 19.1 Å². The monoisotopic (exact) mass is 248 g/mol. The molecule has 0 saturated heterocycles. The molecule has 0 aliphatic carbocycles. The van der Waals surface area contributed by atoms with Crippen LogP contribution in [-0.2, 0) is 6.54 Å². The number of hydrogen-bond acceptors (Lipinski definition) is 4. The van der Waals surface area contributed by atoms with E-state index in [0.717, 1.165) is 28.7 Å². The maximum absolute atomic E-state index is 5.31. The van der Waals surface area contributed by atoms with Gasteiger partial charge in [-0.25, -0.2) is 4.98 Å². The van der Waals surface area contributed by atoms with E-state index in [0.29, 0.717) is 0 Å². The van der Waals surface area contributed by atoms with Gasteiger partial charge in [0.1, 0.15) is 5.75 Å². The fourth-order valence-corrected chi connectivity index (χ4v) is 2.25. The minimum absolute atomic E-state index is 0.726. The van der Waals surface area contributed by atoms with Gasteiger partial charge in [0.2, 0.25) is 0 Å². The molecule has 0 aliphatic heterocycles. The summed E-state index contributed by atoms with van der Waals surface area (Å²) in [7, 11) is 1.68. The molecule has 0 saturated carbocycles. The average molecular weight is 248 g/mol. The smallest absolute Gasteiger partial charge is 0.141 e. The zero-order chi connectivity index (χ0) is 12.3. The molecule has 17 heavy (non-hydrogen) atoms. The van der Waals surface area contributed by atoms with Gasteiger partial charge in [0.15, 0.2) is 0 Å². The fraction of sp³-hybridized carbons (Fsp3) is 0.308. The molecular weight excluding hydrogens is 232 g/mol. The highest BCUT2D eigenvalue weighted by Crippen LogP contribution is 2.25. The molecule has 1 N–H and O–H groups in total. The molecule has 0 atom stereocenters. The summed E-state index contributed by atoms with van der Waals surface area (Å²) in [5, 5.41) is 6.52. The Morgan fingerprint density at radius 1 is 1.35 bits per heavy atom. The van der Waals surface area contributed by atoms with Gasteiger partial charge < -0.3 is 10.1 Å². The maximum Gasteiger partial charge on any atom is 0.141 e. The molecule has 0 fully saturated rings. The van der Waals surface area contributed by atoms with Crippen LogP contribution in [-0.4, -0.2) is 12.1 Å². The van der Waals surface area contributed by atoms with E-state index < -0.39 is 0 Å². The number of aryl methyl sites for hydroxylation is 2. The molecule has 1 aromatic heterocycles. The first-order chi connectivity index (χ1) is 8.19. The Hall–Kier alpha value is -1.55. The van der Waals surface area contributed by atoms with E-state index in [4.69, 9.17) is 4.74 Å². The number of anilines is 1. The Balaban J connectivity index is 2.10. The van der Waals surface area contributed by atoms with Crippen LogP contribution in [0.2, 0.25) is 0 Å². The lowest BCUT2D eigenvalue weighted by atomic mass is 10.2. The van der Waals surface area contributed by atoms with Crippen molar-refractivity contribution in [3.05, 3.63) is 39.8 Å². The summed E-state index contributed by atoms with van der Waals surface area (Å²) in [6, 6.07) is 6.10. The van der Waals surface area contributed by atoms with E-state index >= 15 is 0 Å². The van der Waals surface area contributed by atoms with Gasteiger partial charge in [0.25, 0.3) is 0 Å². The van der Waals surface area contributed by atoms with Crippen LogP contribution in [0.1, 0.15) is 16.3 Å². The molecule has 2 aromatic rings. The summed E-state index contributed by atoms with van der Waals surface area (Å²) in [4.78, 5) is 4.42. The molecule has 0 aliphatic rings. The minimum atomic E-state index is 0.726. The first kappa shape index (κ1) is 11.9. The van der Waals surface area contributed by atoms with Crippen LogP contribution in [0, 0.1) is 13.8 Å². The highest BCUT2D eigenvalue weighted by Gasteiger charge is 2.04. The normalized spacial score (nSPS) is 10.3. The van der Waals surface area contributed by atoms with Crippen LogP contribution in [0.15, 0.2) is 23.6 Å². The van der Waals surface area contributed by atoms with E-state index in [1.165, 1.54) is 5.56 Å². The predicted molar refractivity (Wildman–Crippen MR) is 71.9 cm³/mol. The lowest BCUT2D eigenvalue weighted by Gasteiger charge is -2.10. The van der Waals surface area contributed by atoms with Gasteiger partial charge in [-0.15, -0.1) is 11.3 Å². The Morgan fingerprint density at radius 3 is 2.82 bits per heavy atom. The molecule has 4 heteroatoms. The molecule has 0 amide bonds. The van der Waals surface area contributed by atoms with E-state index in [-0.39, 0.29) is 0 Å². The third-order valence-electron chi connectivity index (χ3n) is 2.48. The lowest BCUT2D eigenvalue weighted by molar-refractivity contribution is 0.416. The SMILES string of the molecule is COc1ccc(C)cc1NCc1csc(C)n1. The largest absolute Gasteiger partial charge is 0.495 e. The number of nitrogens with zero attached hydrogens (tertiary/aromatic N) is 1. The van der Waals surface area contributed by atoms with Crippen molar-refractivity contribution in [1.82, 2.24) is 4.98 Å². The highest BCUT2D eigenvalue weighted by molar-refractivity contribution is 7.09. The number of ether oxygens (including phenoxy) is 1. The summed E-state index contributed by atoms with van der Waals surface area (Å²) < 4.78 is 5.31. The van der Waals surface area contributed by atoms with Gasteiger partial charge in [-0.1, -0.05) is 6.07 Å². The number of rotatable bonds is 4. The summed E-state index contributed by atoms with van der Waals surface area (Å²) in [5.41, 5.74) is 3.29. The first-order valence-electron chi connectivity index (χ1n) is 5.48. The van der Waals surface area contributed by atoms with Crippen molar-refractivity contribution in [1.29, 1.82) is 0 Å². The lowest BCUT2D eigenvalue weighted by Crippen LogP contribution is -2.02. The minimum Gasteiger partial charge on any atom is -0.495 e.